The van der Waals surface area contributed by atoms with Crippen molar-refractivity contribution < 1.29 is 14.1 Å². The number of ether oxygens (including phenoxy) is 1. The molecule has 1 atom stereocenters. The Bertz CT molecular complexity index is 598. The van der Waals surface area contributed by atoms with Crippen molar-refractivity contribution in [1.82, 2.24) is 15.0 Å². The number of amides is 1. The summed E-state index contributed by atoms with van der Waals surface area (Å²) in [5.74, 6) is 1.97. The molecule has 1 aromatic heterocycles. The van der Waals surface area contributed by atoms with Gasteiger partial charge in [-0.2, -0.15) is 0 Å². The van der Waals surface area contributed by atoms with Gasteiger partial charge in [0.15, 0.2) is 0 Å². The van der Waals surface area contributed by atoms with E-state index < -0.39 is 0 Å². The van der Waals surface area contributed by atoms with E-state index >= 15 is 0 Å². The normalized spacial score (nSPS) is 28.2. The number of likely N-dealkylation sites (tertiary alicyclic amines) is 2. The van der Waals surface area contributed by atoms with Crippen LogP contribution in [0, 0.1) is 5.41 Å². The second-order valence-corrected chi connectivity index (χ2v) is 7.62. The van der Waals surface area contributed by atoms with Crippen molar-refractivity contribution in [2.45, 2.75) is 44.6 Å². The van der Waals surface area contributed by atoms with E-state index in [0.29, 0.717) is 25.0 Å². The van der Waals surface area contributed by atoms with Crippen LogP contribution in [-0.4, -0.2) is 60.8 Å². The molecule has 6 heteroatoms. The van der Waals surface area contributed by atoms with Crippen LogP contribution in [-0.2, 0) is 16.1 Å². The number of nitrogens with zero attached hydrogens (tertiary/aromatic N) is 3. The molecule has 1 amide bonds. The number of carbonyl (C=O) groups excluding carboxylic acids is 1. The maximum absolute atomic E-state index is 13.0. The van der Waals surface area contributed by atoms with Crippen molar-refractivity contribution >= 4 is 5.91 Å². The van der Waals surface area contributed by atoms with E-state index in [1.165, 1.54) is 12.8 Å². The van der Waals surface area contributed by atoms with Gasteiger partial charge in [-0.1, -0.05) is 5.16 Å². The molecule has 4 rings (SSSR count). The van der Waals surface area contributed by atoms with Gasteiger partial charge < -0.3 is 14.2 Å². The largest absolute Gasteiger partial charge is 0.383 e. The topological polar surface area (TPSA) is 58.8 Å². The molecule has 6 nitrogen and oxygen atoms in total. The average molecular weight is 333 g/mol. The lowest BCUT2D eigenvalue weighted by Crippen LogP contribution is -2.50. The number of methoxy groups -OCH3 is 1. The highest BCUT2D eigenvalue weighted by Crippen LogP contribution is 2.42. The lowest BCUT2D eigenvalue weighted by molar-refractivity contribution is -0.146. The lowest BCUT2D eigenvalue weighted by Gasteiger charge is -2.39. The van der Waals surface area contributed by atoms with Crippen LogP contribution >= 0.6 is 0 Å². The maximum Gasteiger partial charge on any atom is 0.230 e. The number of hydrogen-bond donors (Lipinski definition) is 0. The highest BCUT2D eigenvalue weighted by Gasteiger charge is 2.48. The Hall–Kier alpha value is -1.40. The Labute approximate surface area is 143 Å². The third kappa shape index (κ3) is 3.09. The molecule has 3 fully saturated rings. The molecule has 1 spiro atoms. The van der Waals surface area contributed by atoms with Crippen molar-refractivity contribution in [3.05, 3.63) is 17.5 Å². The summed E-state index contributed by atoms with van der Waals surface area (Å²) in [6.07, 6.45) is 5.53. The quantitative estimate of drug-likeness (QED) is 0.797. The summed E-state index contributed by atoms with van der Waals surface area (Å²) in [4.78, 5) is 17.3. The number of hydrogen-bond acceptors (Lipinski definition) is 5. The third-order valence-corrected chi connectivity index (χ3v) is 5.76. The number of aromatic nitrogens is 1. The van der Waals surface area contributed by atoms with E-state index in [4.69, 9.17) is 9.26 Å². The average Bonchev–Trinajstić information content (AvgIpc) is 3.21. The molecule has 0 unspecified atom stereocenters. The van der Waals surface area contributed by atoms with Crippen molar-refractivity contribution in [1.29, 1.82) is 0 Å². The first-order chi connectivity index (χ1) is 11.7. The van der Waals surface area contributed by atoms with E-state index in [0.717, 1.165) is 56.9 Å². The molecule has 0 radical (unpaired) electrons. The smallest absolute Gasteiger partial charge is 0.230 e. The molecule has 2 saturated heterocycles. The zero-order chi connectivity index (χ0) is 16.6. The minimum atomic E-state index is -0.185. The lowest BCUT2D eigenvalue weighted by atomic mass is 9.78. The molecule has 24 heavy (non-hydrogen) atoms. The van der Waals surface area contributed by atoms with Gasteiger partial charge in [-0.05, 0) is 38.6 Å². The summed E-state index contributed by atoms with van der Waals surface area (Å²) in [7, 11) is 1.69. The highest BCUT2D eigenvalue weighted by atomic mass is 16.5. The number of carbonyl (C=O) groups is 1. The fourth-order valence-electron chi connectivity index (χ4n) is 4.23. The molecule has 1 aromatic rings. The Morgan fingerprint density at radius 1 is 1.38 bits per heavy atom. The minimum Gasteiger partial charge on any atom is -0.383 e. The fraction of sp³-hybridized carbons (Fsp3) is 0.778. The van der Waals surface area contributed by atoms with Gasteiger partial charge in [0, 0.05) is 45.3 Å². The van der Waals surface area contributed by atoms with Crippen LogP contribution in [0.2, 0.25) is 0 Å². The summed E-state index contributed by atoms with van der Waals surface area (Å²) in [5.41, 5.74) is 0.822. The molecular formula is C18H27N3O3. The molecule has 132 valence electrons. The summed E-state index contributed by atoms with van der Waals surface area (Å²) in [5, 5.41) is 4.22. The van der Waals surface area contributed by atoms with Crippen molar-refractivity contribution in [3.8, 4) is 0 Å². The predicted molar refractivity (Wildman–Crippen MR) is 88.5 cm³/mol. The Morgan fingerprint density at radius 3 is 3.04 bits per heavy atom. The van der Waals surface area contributed by atoms with Crippen LogP contribution in [0.25, 0.3) is 0 Å². The second-order valence-electron chi connectivity index (χ2n) is 7.62. The van der Waals surface area contributed by atoms with Gasteiger partial charge in [0.25, 0.3) is 0 Å². The van der Waals surface area contributed by atoms with Crippen LogP contribution in [0.1, 0.15) is 49.5 Å². The van der Waals surface area contributed by atoms with Crippen LogP contribution in [0.15, 0.2) is 10.6 Å². The Morgan fingerprint density at radius 2 is 2.25 bits per heavy atom. The van der Waals surface area contributed by atoms with Crippen LogP contribution in [0.3, 0.4) is 0 Å². The molecule has 1 aliphatic carbocycles. The number of rotatable bonds is 6. The van der Waals surface area contributed by atoms with E-state index in [1.54, 1.807) is 7.11 Å². The summed E-state index contributed by atoms with van der Waals surface area (Å²) >= 11 is 0. The van der Waals surface area contributed by atoms with Crippen LogP contribution < -0.4 is 0 Å². The monoisotopic (exact) mass is 333 g/mol. The molecule has 2 aliphatic heterocycles. The van der Waals surface area contributed by atoms with Crippen molar-refractivity contribution in [2.75, 3.05) is 39.9 Å². The summed E-state index contributed by atoms with van der Waals surface area (Å²) in [6, 6.07) is 2.11. The van der Waals surface area contributed by atoms with Gasteiger partial charge in [-0.3, -0.25) is 9.69 Å². The third-order valence-electron chi connectivity index (χ3n) is 5.76. The molecule has 3 heterocycles. The van der Waals surface area contributed by atoms with E-state index in [1.807, 2.05) is 4.90 Å². The summed E-state index contributed by atoms with van der Waals surface area (Å²) in [6.45, 7) is 4.82. The fourth-order valence-corrected chi connectivity index (χ4v) is 4.23. The summed E-state index contributed by atoms with van der Waals surface area (Å²) < 4.78 is 10.6. The predicted octanol–water partition coefficient (Wildman–Crippen LogP) is 2.01. The second kappa shape index (κ2) is 6.48. The van der Waals surface area contributed by atoms with Crippen molar-refractivity contribution in [3.63, 3.8) is 0 Å². The van der Waals surface area contributed by atoms with Crippen LogP contribution in [0.5, 0.6) is 0 Å². The Balaban J connectivity index is 1.38. The van der Waals surface area contributed by atoms with E-state index in [9.17, 15) is 4.79 Å². The molecule has 0 bridgehead atoms. The van der Waals surface area contributed by atoms with Gasteiger partial charge in [-0.15, -0.1) is 0 Å². The zero-order valence-electron chi connectivity index (χ0n) is 14.5. The first-order valence-corrected chi connectivity index (χ1v) is 9.16. The molecule has 1 saturated carbocycles. The maximum atomic E-state index is 13.0. The zero-order valence-corrected chi connectivity index (χ0v) is 14.5. The first-order valence-electron chi connectivity index (χ1n) is 9.16. The molecule has 3 aliphatic rings. The van der Waals surface area contributed by atoms with Crippen LogP contribution in [0.4, 0.5) is 0 Å². The first kappa shape index (κ1) is 16.1. The Kier molecular flexibility index (Phi) is 4.35. The van der Waals surface area contributed by atoms with E-state index in [-0.39, 0.29) is 5.41 Å². The standard InChI is InChI=1S/C18H27N3O3/c1-23-10-9-21-7-2-5-18(17(21)22)6-8-20(13-18)12-15-11-16(24-19-15)14-3-4-14/h11,14H,2-10,12-13H2,1H3/t18-/m0/s1. The minimum absolute atomic E-state index is 0.185. The highest BCUT2D eigenvalue weighted by molar-refractivity contribution is 5.84. The molecule has 0 aromatic carbocycles. The van der Waals surface area contributed by atoms with Gasteiger partial charge in [0.1, 0.15) is 5.76 Å². The van der Waals surface area contributed by atoms with Crippen molar-refractivity contribution in [2.24, 2.45) is 5.41 Å². The van der Waals surface area contributed by atoms with Gasteiger partial charge >= 0.3 is 0 Å². The van der Waals surface area contributed by atoms with E-state index in [2.05, 4.69) is 16.1 Å². The van der Waals surface area contributed by atoms with Gasteiger partial charge in [0.2, 0.25) is 5.91 Å². The SMILES string of the molecule is COCCN1CCC[C@@]2(CCN(Cc3cc(C4CC4)on3)C2)C1=O. The molecule has 0 N–H and O–H groups in total. The van der Waals surface area contributed by atoms with Gasteiger partial charge in [0.05, 0.1) is 17.7 Å². The molecular weight excluding hydrogens is 306 g/mol. The number of piperidine rings is 1. The van der Waals surface area contributed by atoms with Gasteiger partial charge in [-0.25, -0.2) is 0 Å².